The number of nitrogens with one attached hydrogen (secondary N) is 1. The summed E-state index contributed by atoms with van der Waals surface area (Å²) in [4.78, 5) is 30.2. The van der Waals surface area contributed by atoms with Crippen molar-refractivity contribution in [2.45, 2.75) is 18.9 Å². The van der Waals surface area contributed by atoms with E-state index in [1.165, 1.54) is 13.3 Å². The number of methoxy groups -OCH3 is 1. The van der Waals surface area contributed by atoms with E-state index in [0.717, 1.165) is 12.8 Å². The summed E-state index contributed by atoms with van der Waals surface area (Å²) >= 11 is 5.76. The number of hydrogen-bond donors (Lipinski definition) is 2. The average Bonchev–Trinajstić information content (AvgIpc) is 2.56. The number of likely N-dealkylation sites (tertiary alicyclic amines) is 1. The summed E-state index contributed by atoms with van der Waals surface area (Å²) in [7, 11) is 1.50. The lowest BCUT2D eigenvalue weighted by Crippen LogP contribution is -2.51. The number of amides is 2. The maximum atomic E-state index is 12.3. The van der Waals surface area contributed by atoms with Gasteiger partial charge in [0.1, 0.15) is 11.9 Å². The third-order valence-corrected chi connectivity index (χ3v) is 3.97. The molecule has 3 N–H and O–H groups in total. The fourth-order valence-corrected chi connectivity index (χ4v) is 2.67. The van der Waals surface area contributed by atoms with Crippen molar-refractivity contribution < 1.29 is 14.3 Å². The van der Waals surface area contributed by atoms with Crippen molar-refractivity contribution in [1.82, 2.24) is 9.88 Å². The number of pyridine rings is 1. The van der Waals surface area contributed by atoms with Gasteiger partial charge in [-0.1, -0.05) is 11.6 Å². The van der Waals surface area contributed by atoms with Gasteiger partial charge in [-0.15, -0.1) is 24.8 Å². The number of halogens is 3. The number of aromatic nitrogens is 1. The fourth-order valence-electron chi connectivity index (χ4n) is 2.55. The molecule has 2 atom stereocenters. The quantitative estimate of drug-likeness (QED) is 0.766. The van der Waals surface area contributed by atoms with Crippen molar-refractivity contribution >= 4 is 54.0 Å². The molecule has 2 unspecified atom stereocenters. The molecule has 2 rings (SSSR count). The molecule has 1 aliphatic heterocycles. The molecule has 0 aliphatic carbocycles. The van der Waals surface area contributed by atoms with Gasteiger partial charge < -0.3 is 20.7 Å². The minimum Gasteiger partial charge on any atom is -0.383 e. The van der Waals surface area contributed by atoms with Crippen LogP contribution in [0.1, 0.15) is 12.8 Å². The lowest BCUT2D eigenvalue weighted by Gasteiger charge is -2.33. The summed E-state index contributed by atoms with van der Waals surface area (Å²) in [5.74, 6) is -0.175. The monoisotopic (exact) mass is 412 g/mol. The molecule has 0 aromatic carbocycles. The first-order valence-electron chi connectivity index (χ1n) is 7.47. The van der Waals surface area contributed by atoms with Gasteiger partial charge in [-0.3, -0.25) is 9.59 Å². The molecular formula is C15H23Cl3N4O3. The van der Waals surface area contributed by atoms with Gasteiger partial charge in [-0.05, 0) is 25.0 Å². The predicted molar refractivity (Wildman–Crippen MR) is 102 cm³/mol. The number of piperidine rings is 1. The second-order valence-electron chi connectivity index (χ2n) is 5.54. The van der Waals surface area contributed by atoms with Crippen LogP contribution in [0.25, 0.3) is 0 Å². The highest BCUT2D eigenvalue weighted by atomic mass is 35.5. The maximum Gasteiger partial charge on any atom is 0.241 e. The Balaban J connectivity index is 0.00000288. The number of nitrogens with two attached hydrogens (primary N) is 1. The first-order valence-corrected chi connectivity index (χ1v) is 7.84. The van der Waals surface area contributed by atoms with E-state index in [4.69, 9.17) is 22.1 Å². The Morgan fingerprint density at radius 2 is 2.20 bits per heavy atom. The third kappa shape index (κ3) is 6.95. The highest BCUT2D eigenvalue weighted by Gasteiger charge is 2.30. The number of nitrogens with zero attached hydrogens (tertiary/aromatic N) is 2. The van der Waals surface area contributed by atoms with E-state index in [1.54, 1.807) is 17.0 Å². The van der Waals surface area contributed by atoms with Crippen molar-refractivity contribution in [2.24, 2.45) is 11.7 Å². The van der Waals surface area contributed by atoms with Crippen LogP contribution in [-0.4, -0.2) is 54.5 Å². The van der Waals surface area contributed by atoms with E-state index < -0.39 is 6.04 Å². The lowest BCUT2D eigenvalue weighted by molar-refractivity contribution is -0.136. The summed E-state index contributed by atoms with van der Waals surface area (Å²) in [6.07, 6.45) is 2.96. The van der Waals surface area contributed by atoms with Crippen LogP contribution in [0.2, 0.25) is 5.02 Å². The molecule has 1 aromatic heterocycles. The smallest absolute Gasteiger partial charge is 0.241 e. The summed E-state index contributed by atoms with van der Waals surface area (Å²) in [5.41, 5.74) is 5.78. The van der Waals surface area contributed by atoms with Crippen molar-refractivity contribution in [3.63, 3.8) is 0 Å². The summed E-state index contributed by atoms with van der Waals surface area (Å²) in [6.45, 7) is 1.13. The van der Waals surface area contributed by atoms with E-state index in [0.29, 0.717) is 23.9 Å². The van der Waals surface area contributed by atoms with Gasteiger partial charge in [0.25, 0.3) is 0 Å². The molecule has 10 heteroatoms. The molecule has 25 heavy (non-hydrogen) atoms. The minimum atomic E-state index is -0.695. The van der Waals surface area contributed by atoms with E-state index >= 15 is 0 Å². The van der Waals surface area contributed by atoms with E-state index in [1.807, 2.05) is 0 Å². The van der Waals surface area contributed by atoms with Crippen LogP contribution >= 0.6 is 36.4 Å². The molecular weight excluding hydrogens is 391 g/mol. The second kappa shape index (κ2) is 11.5. The number of rotatable bonds is 5. The largest absolute Gasteiger partial charge is 0.383 e. The number of carbonyl (C=O) groups is 2. The van der Waals surface area contributed by atoms with Crippen LogP contribution in [0.5, 0.6) is 0 Å². The standard InChI is InChI=1S/C15H21ClN4O3.2ClH/c1-23-9-12(17)15(22)20-6-2-3-10(8-20)14(21)19-13-5-4-11(16)7-18-13;;/h4-5,7,10,12H,2-3,6,8-9,17H2,1H3,(H,18,19,21);2*1H. The Labute approximate surface area is 164 Å². The molecule has 7 nitrogen and oxygen atoms in total. The van der Waals surface area contributed by atoms with Crippen LogP contribution < -0.4 is 11.1 Å². The molecule has 0 radical (unpaired) electrons. The van der Waals surface area contributed by atoms with Crippen LogP contribution in [0, 0.1) is 5.92 Å². The molecule has 0 bridgehead atoms. The molecule has 2 amide bonds. The van der Waals surface area contributed by atoms with Gasteiger partial charge in [-0.2, -0.15) is 0 Å². The van der Waals surface area contributed by atoms with Gasteiger partial charge in [0.2, 0.25) is 11.8 Å². The molecule has 1 saturated heterocycles. The second-order valence-corrected chi connectivity index (χ2v) is 5.97. The fraction of sp³-hybridized carbons (Fsp3) is 0.533. The molecule has 2 heterocycles. The number of carbonyl (C=O) groups excluding carboxylic acids is 2. The zero-order chi connectivity index (χ0) is 16.8. The first kappa shape index (κ1) is 23.9. The van der Waals surface area contributed by atoms with Crippen LogP contribution in [0.15, 0.2) is 18.3 Å². The SMILES string of the molecule is COCC(N)C(=O)N1CCCC(C(=O)Nc2ccc(Cl)cn2)C1.Cl.Cl. The maximum absolute atomic E-state index is 12.3. The van der Waals surface area contributed by atoms with E-state index in [2.05, 4.69) is 10.3 Å². The summed E-state index contributed by atoms with van der Waals surface area (Å²) < 4.78 is 4.91. The minimum absolute atomic E-state index is 0. The van der Waals surface area contributed by atoms with Crippen molar-refractivity contribution in [3.8, 4) is 0 Å². The van der Waals surface area contributed by atoms with Gasteiger partial charge in [-0.25, -0.2) is 4.98 Å². The van der Waals surface area contributed by atoms with Gasteiger partial charge in [0.05, 0.1) is 17.5 Å². The normalized spacial score (nSPS) is 17.7. The highest BCUT2D eigenvalue weighted by molar-refractivity contribution is 6.30. The van der Waals surface area contributed by atoms with Gasteiger partial charge in [0.15, 0.2) is 0 Å². The Morgan fingerprint density at radius 1 is 1.48 bits per heavy atom. The highest BCUT2D eigenvalue weighted by Crippen LogP contribution is 2.19. The predicted octanol–water partition coefficient (Wildman–Crippen LogP) is 1.73. The van der Waals surface area contributed by atoms with Crippen molar-refractivity contribution in [1.29, 1.82) is 0 Å². The molecule has 1 aliphatic rings. The number of anilines is 1. The van der Waals surface area contributed by atoms with Gasteiger partial charge in [0, 0.05) is 26.4 Å². The summed E-state index contributed by atoms with van der Waals surface area (Å²) in [5, 5.41) is 3.25. The van der Waals surface area contributed by atoms with E-state index in [9.17, 15) is 9.59 Å². The van der Waals surface area contributed by atoms with E-state index in [-0.39, 0.29) is 49.2 Å². The zero-order valence-corrected chi connectivity index (χ0v) is 16.2. The third-order valence-electron chi connectivity index (χ3n) is 3.75. The van der Waals surface area contributed by atoms with Gasteiger partial charge >= 0.3 is 0 Å². The average molecular weight is 414 g/mol. The molecule has 142 valence electrons. The lowest BCUT2D eigenvalue weighted by atomic mass is 9.96. The van der Waals surface area contributed by atoms with Crippen LogP contribution in [-0.2, 0) is 14.3 Å². The first-order chi connectivity index (χ1) is 11.0. The molecule has 0 spiro atoms. The summed E-state index contributed by atoms with van der Waals surface area (Å²) in [6, 6.07) is 2.60. The Kier molecular flexibility index (Phi) is 11.0. The molecule has 1 aromatic rings. The molecule has 0 saturated carbocycles. The van der Waals surface area contributed by atoms with Crippen molar-refractivity contribution in [2.75, 3.05) is 32.1 Å². The molecule has 1 fully saturated rings. The van der Waals surface area contributed by atoms with Crippen LogP contribution in [0.3, 0.4) is 0 Å². The number of ether oxygens (including phenoxy) is 1. The van der Waals surface area contributed by atoms with Crippen molar-refractivity contribution in [3.05, 3.63) is 23.4 Å². The Hall–Kier alpha value is -1.12. The topological polar surface area (TPSA) is 97.5 Å². The Bertz CT molecular complexity index is 559. The zero-order valence-electron chi connectivity index (χ0n) is 13.8. The Morgan fingerprint density at radius 3 is 2.80 bits per heavy atom. The van der Waals surface area contributed by atoms with Crippen LogP contribution in [0.4, 0.5) is 5.82 Å². The number of hydrogen-bond acceptors (Lipinski definition) is 5.